The van der Waals surface area contributed by atoms with Gasteiger partial charge in [-0.25, -0.2) is 0 Å². The highest BCUT2D eigenvalue weighted by atomic mass is 32.1. The molecule has 0 aliphatic carbocycles. The van der Waals surface area contributed by atoms with E-state index in [1.54, 1.807) is 0 Å². The normalized spacial score (nSPS) is 14.8. The van der Waals surface area contributed by atoms with Gasteiger partial charge in [-0.3, -0.25) is 0 Å². The molecule has 0 spiro atoms. The zero-order valence-corrected chi connectivity index (χ0v) is 21.0. The number of nitrogens with zero attached hydrogens (tertiary/aromatic N) is 4. The van der Waals surface area contributed by atoms with E-state index < -0.39 is 0 Å². The zero-order valence-electron chi connectivity index (χ0n) is 20.2. The van der Waals surface area contributed by atoms with Crippen LogP contribution in [0.2, 0.25) is 0 Å². The summed E-state index contributed by atoms with van der Waals surface area (Å²) in [6.07, 6.45) is 0. The predicted octanol–water partition coefficient (Wildman–Crippen LogP) is 5.56. The molecule has 180 valence electrons. The highest BCUT2D eigenvalue weighted by molar-refractivity contribution is 7.80. The van der Waals surface area contributed by atoms with Crippen molar-refractivity contribution in [1.82, 2.24) is 15.3 Å². The van der Waals surface area contributed by atoms with Crippen LogP contribution in [0.3, 0.4) is 0 Å². The van der Waals surface area contributed by atoms with E-state index in [1.807, 2.05) is 18.2 Å². The Morgan fingerprint density at radius 2 is 1.17 bits per heavy atom. The van der Waals surface area contributed by atoms with Crippen LogP contribution in [0.1, 0.15) is 40.8 Å². The smallest absolute Gasteiger partial charge is 0.232 e. The molecule has 6 rings (SSSR count). The van der Waals surface area contributed by atoms with Gasteiger partial charge in [0.25, 0.3) is 0 Å². The van der Waals surface area contributed by atoms with Gasteiger partial charge in [0.2, 0.25) is 5.95 Å². The molecule has 1 aromatic heterocycles. The van der Waals surface area contributed by atoms with Gasteiger partial charge in [0.15, 0.2) is 5.11 Å². The van der Waals surface area contributed by atoms with E-state index in [-0.39, 0.29) is 6.04 Å². The maximum atomic E-state index is 5.65. The number of aromatic nitrogens is 2. The Balaban J connectivity index is 1.26. The van der Waals surface area contributed by atoms with Crippen LogP contribution in [0.4, 0.5) is 17.6 Å². The third-order valence-corrected chi connectivity index (χ3v) is 7.12. The molecule has 36 heavy (non-hydrogen) atoms. The monoisotopic (exact) mass is 492 g/mol. The summed E-state index contributed by atoms with van der Waals surface area (Å²) >= 11 is 5.65. The Labute approximate surface area is 217 Å². The first-order chi connectivity index (χ1) is 17.6. The fourth-order valence-corrected chi connectivity index (χ4v) is 5.22. The number of rotatable bonds is 5. The molecule has 3 heterocycles. The average Bonchev–Trinajstić information content (AvgIpc) is 3.53. The molecule has 0 saturated carbocycles. The van der Waals surface area contributed by atoms with Crippen molar-refractivity contribution >= 4 is 34.9 Å². The van der Waals surface area contributed by atoms with Crippen LogP contribution >= 0.6 is 12.2 Å². The van der Waals surface area contributed by atoms with Crippen molar-refractivity contribution in [2.24, 2.45) is 0 Å². The molecule has 0 bridgehead atoms. The summed E-state index contributed by atoms with van der Waals surface area (Å²) in [6.45, 7) is 5.43. The molecule has 0 saturated heterocycles. The number of hydrogen-bond donors (Lipinski definition) is 2. The second-order valence-electron chi connectivity index (χ2n) is 9.39. The summed E-state index contributed by atoms with van der Waals surface area (Å²) in [5.41, 5.74) is 6.54. The third-order valence-electron chi connectivity index (χ3n) is 6.90. The van der Waals surface area contributed by atoms with Gasteiger partial charge < -0.3 is 20.4 Å². The van der Waals surface area contributed by atoms with Crippen LogP contribution in [0, 0.1) is 0 Å². The van der Waals surface area contributed by atoms with Crippen molar-refractivity contribution in [3.05, 3.63) is 113 Å². The second-order valence-corrected chi connectivity index (χ2v) is 9.80. The molecule has 0 fully saturated rings. The van der Waals surface area contributed by atoms with E-state index in [9.17, 15) is 0 Å². The number of nitrogens with one attached hydrogen (secondary N) is 2. The molecular formula is C29H28N6S. The van der Waals surface area contributed by atoms with Gasteiger partial charge >= 0.3 is 0 Å². The van der Waals surface area contributed by atoms with Crippen molar-refractivity contribution in [1.29, 1.82) is 0 Å². The quantitative estimate of drug-likeness (QED) is 0.354. The van der Waals surface area contributed by atoms with Gasteiger partial charge in [-0.05, 0) is 47.0 Å². The van der Waals surface area contributed by atoms with Crippen molar-refractivity contribution in [2.45, 2.75) is 39.1 Å². The first kappa shape index (κ1) is 22.5. The van der Waals surface area contributed by atoms with Gasteiger partial charge in [-0.2, -0.15) is 9.97 Å². The highest BCUT2D eigenvalue weighted by Gasteiger charge is 2.25. The molecule has 4 aromatic rings. The number of hydrogen-bond acceptors (Lipinski definition) is 5. The lowest BCUT2D eigenvalue weighted by Crippen LogP contribution is -2.32. The summed E-state index contributed by atoms with van der Waals surface area (Å²) in [4.78, 5) is 14.4. The Kier molecular flexibility index (Phi) is 5.99. The molecule has 2 aliphatic heterocycles. The van der Waals surface area contributed by atoms with Gasteiger partial charge in [0.05, 0.1) is 6.04 Å². The topological polar surface area (TPSA) is 56.3 Å². The van der Waals surface area contributed by atoms with Crippen molar-refractivity contribution in [3.63, 3.8) is 0 Å². The lowest BCUT2D eigenvalue weighted by atomic mass is 10.1. The standard InChI is InChI=1S/C29H28N6S/c1-20(21-9-3-2-4-10-21)30-29(36)33-28-31-26(34-16-22-11-5-6-12-23(22)17-34)15-27(32-28)35-18-24-13-7-8-14-25(24)19-35/h2-15,20H,16-19H2,1H3,(H2,30,31,32,33,36)/t20-/m1/s1. The summed E-state index contributed by atoms with van der Waals surface area (Å²) in [7, 11) is 0. The Morgan fingerprint density at radius 1 is 0.722 bits per heavy atom. The summed E-state index contributed by atoms with van der Waals surface area (Å²) < 4.78 is 0. The Morgan fingerprint density at radius 3 is 1.64 bits per heavy atom. The third kappa shape index (κ3) is 4.62. The largest absolute Gasteiger partial charge is 0.356 e. The lowest BCUT2D eigenvalue weighted by Gasteiger charge is -2.23. The first-order valence-corrected chi connectivity index (χ1v) is 12.7. The molecule has 3 aromatic carbocycles. The molecule has 2 N–H and O–H groups in total. The van der Waals surface area contributed by atoms with Crippen LogP contribution in [0.5, 0.6) is 0 Å². The predicted molar refractivity (Wildman–Crippen MR) is 149 cm³/mol. The van der Waals surface area contributed by atoms with E-state index in [0.29, 0.717) is 11.1 Å². The Bertz CT molecular complexity index is 1280. The van der Waals surface area contributed by atoms with Crippen LogP contribution in [-0.4, -0.2) is 15.1 Å². The summed E-state index contributed by atoms with van der Waals surface area (Å²) in [5, 5.41) is 7.13. The van der Waals surface area contributed by atoms with Crippen molar-refractivity contribution < 1.29 is 0 Å². The number of fused-ring (bicyclic) bond motifs is 2. The number of thiocarbonyl (C=S) groups is 1. The highest BCUT2D eigenvalue weighted by Crippen LogP contribution is 2.32. The van der Waals surface area contributed by atoms with E-state index >= 15 is 0 Å². The van der Waals surface area contributed by atoms with Crippen molar-refractivity contribution in [3.8, 4) is 0 Å². The number of anilines is 3. The number of benzene rings is 3. The fraction of sp³-hybridized carbons (Fsp3) is 0.207. The SMILES string of the molecule is C[C@@H](NC(=S)Nc1nc(N2Cc3ccccc3C2)cc(N2Cc3ccccc3C2)n1)c1ccccc1. The molecule has 6 nitrogen and oxygen atoms in total. The fourth-order valence-electron chi connectivity index (χ4n) is 4.95. The van der Waals surface area contributed by atoms with Gasteiger partial charge in [-0.1, -0.05) is 78.9 Å². The zero-order chi connectivity index (χ0) is 24.5. The summed E-state index contributed by atoms with van der Waals surface area (Å²) in [6, 6.07) is 29.6. The van der Waals surface area contributed by atoms with E-state index in [0.717, 1.165) is 37.8 Å². The average molecular weight is 493 g/mol. The lowest BCUT2D eigenvalue weighted by molar-refractivity contribution is 0.722. The van der Waals surface area contributed by atoms with Crippen LogP contribution in [0.25, 0.3) is 0 Å². The van der Waals surface area contributed by atoms with E-state index in [1.165, 1.54) is 27.8 Å². The minimum atomic E-state index is 0.0648. The molecular weight excluding hydrogens is 464 g/mol. The minimum absolute atomic E-state index is 0.0648. The second kappa shape index (κ2) is 9.59. The summed E-state index contributed by atoms with van der Waals surface area (Å²) in [5.74, 6) is 2.30. The molecule has 0 amide bonds. The van der Waals surface area contributed by atoms with Gasteiger partial charge in [-0.15, -0.1) is 0 Å². The molecule has 2 aliphatic rings. The first-order valence-electron chi connectivity index (χ1n) is 12.3. The maximum Gasteiger partial charge on any atom is 0.232 e. The van der Waals surface area contributed by atoms with Gasteiger partial charge in [0.1, 0.15) is 11.6 Å². The maximum absolute atomic E-state index is 5.65. The molecule has 7 heteroatoms. The molecule has 0 radical (unpaired) electrons. The van der Waals surface area contributed by atoms with Crippen LogP contribution in [0.15, 0.2) is 84.9 Å². The minimum Gasteiger partial charge on any atom is -0.356 e. The van der Waals surface area contributed by atoms with Crippen LogP contribution < -0.4 is 20.4 Å². The van der Waals surface area contributed by atoms with E-state index in [4.69, 9.17) is 22.2 Å². The Hall–Kier alpha value is -3.97. The molecule has 0 unspecified atom stereocenters. The van der Waals surface area contributed by atoms with Gasteiger partial charge in [0, 0.05) is 32.2 Å². The van der Waals surface area contributed by atoms with Crippen LogP contribution in [-0.2, 0) is 26.2 Å². The molecule has 1 atom stereocenters. The van der Waals surface area contributed by atoms with E-state index in [2.05, 4.69) is 94.1 Å². The van der Waals surface area contributed by atoms with Crippen molar-refractivity contribution in [2.75, 3.05) is 15.1 Å².